The van der Waals surface area contributed by atoms with Crippen LogP contribution in [0.15, 0.2) is 6.20 Å². The molecule has 5 nitrogen and oxygen atoms in total. The number of rotatable bonds is 1. The molecule has 2 fully saturated rings. The van der Waals surface area contributed by atoms with Gasteiger partial charge in [0.2, 0.25) is 5.91 Å². The number of aromatic nitrogens is 2. The van der Waals surface area contributed by atoms with Crippen LogP contribution in [0.1, 0.15) is 57.2 Å². The van der Waals surface area contributed by atoms with Crippen molar-refractivity contribution in [2.24, 2.45) is 13.0 Å². The normalized spacial score (nSPS) is 28.1. The van der Waals surface area contributed by atoms with Crippen molar-refractivity contribution in [3.63, 3.8) is 0 Å². The maximum Gasteiger partial charge on any atom is 0.226 e. The third kappa shape index (κ3) is 2.77. The summed E-state index contributed by atoms with van der Waals surface area (Å²) < 4.78 is 8.40. The largest absolute Gasteiger partial charge is 0.365 e. The lowest BCUT2D eigenvalue weighted by Crippen LogP contribution is -2.61. The Bertz CT molecular complexity index is 643. The molecule has 132 valence electrons. The van der Waals surface area contributed by atoms with Crippen LogP contribution in [-0.2, 0) is 29.4 Å². The number of morpholine rings is 1. The predicted octanol–water partition coefficient (Wildman–Crippen LogP) is 2.48. The minimum Gasteiger partial charge on any atom is -0.365 e. The van der Waals surface area contributed by atoms with Gasteiger partial charge in [0.25, 0.3) is 0 Å². The highest BCUT2D eigenvalue weighted by molar-refractivity contribution is 5.80. The highest BCUT2D eigenvalue weighted by atomic mass is 16.5. The number of carbonyl (C=O) groups excluding carboxylic acids is 1. The van der Waals surface area contributed by atoms with E-state index >= 15 is 0 Å². The molecule has 1 atom stereocenters. The first kappa shape index (κ1) is 16.1. The number of aryl methyl sites for hydroxylation is 1. The number of hydrogen-bond donors (Lipinski definition) is 0. The molecule has 3 aliphatic rings. The summed E-state index contributed by atoms with van der Waals surface area (Å²) in [7, 11) is 2.00. The fourth-order valence-corrected chi connectivity index (χ4v) is 5.10. The SMILES string of the molecule is Cn1ncc2c1CCC(C(=O)N1CC(C)(C)OC3(CCCC3)C1)C2. The van der Waals surface area contributed by atoms with Gasteiger partial charge >= 0.3 is 0 Å². The molecule has 24 heavy (non-hydrogen) atoms. The number of carbonyl (C=O) groups is 1. The second-order valence-corrected chi connectivity index (χ2v) is 8.63. The van der Waals surface area contributed by atoms with Gasteiger partial charge in [-0.25, -0.2) is 0 Å². The van der Waals surface area contributed by atoms with Crippen LogP contribution in [0.2, 0.25) is 0 Å². The zero-order valence-corrected chi connectivity index (χ0v) is 15.2. The highest BCUT2D eigenvalue weighted by Crippen LogP contribution is 2.41. The summed E-state index contributed by atoms with van der Waals surface area (Å²) in [5, 5.41) is 4.36. The molecule has 0 N–H and O–H groups in total. The third-order valence-electron chi connectivity index (χ3n) is 6.06. The van der Waals surface area contributed by atoms with Gasteiger partial charge in [0.1, 0.15) is 0 Å². The lowest BCUT2D eigenvalue weighted by molar-refractivity contribution is -0.200. The molecule has 1 unspecified atom stereocenters. The molecule has 1 saturated heterocycles. The summed E-state index contributed by atoms with van der Waals surface area (Å²) >= 11 is 0. The summed E-state index contributed by atoms with van der Waals surface area (Å²) in [5.74, 6) is 0.432. The van der Waals surface area contributed by atoms with E-state index in [4.69, 9.17) is 4.74 Å². The quantitative estimate of drug-likeness (QED) is 0.794. The first-order valence-corrected chi connectivity index (χ1v) is 9.36. The van der Waals surface area contributed by atoms with Crippen LogP contribution in [0, 0.1) is 5.92 Å². The second kappa shape index (κ2) is 5.58. The molecular weight excluding hydrogens is 302 g/mol. The molecule has 1 amide bonds. The van der Waals surface area contributed by atoms with Gasteiger partial charge in [-0.05, 0) is 51.5 Å². The number of fused-ring (bicyclic) bond motifs is 1. The van der Waals surface area contributed by atoms with E-state index in [2.05, 4.69) is 23.8 Å². The maximum atomic E-state index is 13.2. The van der Waals surface area contributed by atoms with E-state index in [1.807, 2.05) is 17.9 Å². The predicted molar refractivity (Wildman–Crippen MR) is 91.7 cm³/mol. The van der Waals surface area contributed by atoms with Gasteiger partial charge < -0.3 is 9.64 Å². The first-order chi connectivity index (χ1) is 11.4. The Balaban J connectivity index is 1.51. The lowest BCUT2D eigenvalue weighted by atomic mass is 9.85. The Morgan fingerprint density at radius 3 is 2.79 bits per heavy atom. The minimum atomic E-state index is -0.244. The Morgan fingerprint density at radius 1 is 1.29 bits per heavy atom. The van der Waals surface area contributed by atoms with E-state index in [1.54, 1.807) is 0 Å². The molecule has 0 bridgehead atoms. The van der Waals surface area contributed by atoms with Gasteiger partial charge in [-0.15, -0.1) is 0 Å². The maximum absolute atomic E-state index is 13.2. The standard InChI is InChI=1S/C19H29N3O2/c1-18(2)12-22(13-19(24-18)8-4-5-9-19)17(23)14-6-7-16-15(10-14)11-20-21(16)3/h11,14H,4-10,12-13H2,1-3H3. The van der Waals surface area contributed by atoms with Crippen LogP contribution in [0.4, 0.5) is 0 Å². The minimum absolute atomic E-state index is 0.0917. The molecule has 1 aromatic heterocycles. The fourth-order valence-electron chi connectivity index (χ4n) is 5.10. The number of ether oxygens (including phenoxy) is 1. The molecule has 2 aliphatic carbocycles. The van der Waals surface area contributed by atoms with Crippen LogP contribution in [0.25, 0.3) is 0 Å². The van der Waals surface area contributed by atoms with E-state index in [0.717, 1.165) is 38.6 Å². The van der Waals surface area contributed by atoms with Crippen molar-refractivity contribution in [1.82, 2.24) is 14.7 Å². The van der Waals surface area contributed by atoms with Crippen molar-refractivity contribution in [3.8, 4) is 0 Å². The summed E-state index contributed by atoms with van der Waals surface area (Å²) in [6, 6.07) is 0. The van der Waals surface area contributed by atoms with E-state index in [0.29, 0.717) is 12.5 Å². The summed E-state index contributed by atoms with van der Waals surface area (Å²) in [4.78, 5) is 15.4. The van der Waals surface area contributed by atoms with Crippen molar-refractivity contribution in [3.05, 3.63) is 17.5 Å². The van der Waals surface area contributed by atoms with Crippen LogP contribution in [0.5, 0.6) is 0 Å². The van der Waals surface area contributed by atoms with Crippen molar-refractivity contribution in [2.75, 3.05) is 13.1 Å². The van der Waals surface area contributed by atoms with Gasteiger partial charge in [-0.2, -0.15) is 5.10 Å². The molecule has 0 radical (unpaired) electrons. The monoisotopic (exact) mass is 331 g/mol. The Labute approximate surface area is 144 Å². The molecule has 2 heterocycles. The molecule has 0 aromatic carbocycles. The topological polar surface area (TPSA) is 47.4 Å². The molecule has 5 heteroatoms. The summed E-state index contributed by atoms with van der Waals surface area (Å²) in [5.41, 5.74) is 2.22. The van der Waals surface area contributed by atoms with Gasteiger partial charge in [0.15, 0.2) is 0 Å². The van der Waals surface area contributed by atoms with Gasteiger partial charge in [-0.1, -0.05) is 12.8 Å². The molecule has 4 rings (SSSR count). The molecule has 1 saturated carbocycles. The summed E-state index contributed by atoms with van der Waals surface area (Å²) in [6.45, 7) is 5.76. The number of amides is 1. The van der Waals surface area contributed by atoms with E-state index in [1.165, 1.54) is 24.1 Å². The van der Waals surface area contributed by atoms with Crippen LogP contribution in [-0.4, -0.2) is 44.9 Å². The smallest absolute Gasteiger partial charge is 0.226 e. The number of hydrogen-bond acceptors (Lipinski definition) is 3. The van der Waals surface area contributed by atoms with Crippen molar-refractivity contribution in [1.29, 1.82) is 0 Å². The average molecular weight is 331 g/mol. The molecule has 1 aromatic rings. The van der Waals surface area contributed by atoms with Gasteiger partial charge in [-0.3, -0.25) is 9.48 Å². The number of nitrogens with zero attached hydrogens (tertiary/aromatic N) is 3. The zero-order valence-electron chi connectivity index (χ0n) is 15.2. The van der Waals surface area contributed by atoms with Crippen LogP contribution < -0.4 is 0 Å². The Kier molecular flexibility index (Phi) is 3.75. The van der Waals surface area contributed by atoms with Gasteiger partial charge in [0, 0.05) is 31.7 Å². The molecule has 1 spiro atoms. The third-order valence-corrected chi connectivity index (χ3v) is 6.06. The molecule has 1 aliphatic heterocycles. The highest BCUT2D eigenvalue weighted by Gasteiger charge is 2.48. The van der Waals surface area contributed by atoms with Crippen molar-refractivity contribution < 1.29 is 9.53 Å². The molecular formula is C19H29N3O2. The Morgan fingerprint density at radius 2 is 2.04 bits per heavy atom. The van der Waals surface area contributed by atoms with E-state index < -0.39 is 0 Å². The Hall–Kier alpha value is -1.36. The lowest BCUT2D eigenvalue weighted by Gasteiger charge is -2.49. The first-order valence-electron chi connectivity index (χ1n) is 9.36. The van der Waals surface area contributed by atoms with E-state index in [9.17, 15) is 4.79 Å². The second-order valence-electron chi connectivity index (χ2n) is 8.63. The average Bonchev–Trinajstić information content (AvgIpc) is 3.12. The fraction of sp³-hybridized carbons (Fsp3) is 0.789. The van der Waals surface area contributed by atoms with Gasteiger partial charge in [0.05, 0.1) is 17.4 Å². The van der Waals surface area contributed by atoms with E-state index in [-0.39, 0.29) is 17.1 Å². The van der Waals surface area contributed by atoms with Crippen LogP contribution in [0.3, 0.4) is 0 Å². The van der Waals surface area contributed by atoms with Crippen LogP contribution >= 0.6 is 0 Å². The summed E-state index contributed by atoms with van der Waals surface area (Å²) in [6.07, 6.45) is 9.32. The van der Waals surface area contributed by atoms with Crippen molar-refractivity contribution >= 4 is 5.91 Å². The van der Waals surface area contributed by atoms with Crippen molar-refractivity contribution in [2.45, 2.75) is 70.0 Å². The zero-order chi connectivity index (χ0) is 16.9.